The van der Waals surface area contributed by atoms with E-state index in [0.717, 1.165) is 11.1 Å². The third kappa shape index (κ3) is 2.54. The van der Waals surface area contributed by atoms with Gasteiger partial charge in [0.1, 0.15) is 11.9 Å². The Morgan fingerprint density at radius 1 is 0.895 bits per heavy atom. The summed E-state index contributed by atoms with van der Waals surface area (Å²) in [6.45, 7) is 0. The zero-order valence-corrected chi connectivity index (χ0v) is 10.7. The van der Waals surface area contributed by atoms with Crippen molar-refractivity contribution in [3.8, 4) is 0 Å². The molecule has 0 aromatic heterocycles. The van der Waals surface area contributed by atoms with Crippen molar-refractivity contribution in [3.05, 3.63) is 71.0 Å². The summed E-state index contributed by atoms with van der Waals surface area (Å²) in [5.74, 6) is 0.424. The number of aliphatic hydroxyl groups excluding tert-OH is 1. The van der Waals surface area contributed by atoms with Gasteiger partial charge >= 0.3 is 0 Å². The van der Waals surface area contributed by atoms with E-state index >= 15 is 0 Å². The van der Waals surface area contributed by atoms with E-state index in [1.54, 1.807) is 12.1 Å². The molecule has 0 radical (unpaired) electrons. The molecule has 2 aromatic rings. The van der Waals surface area contributed by atoms with Gasteiger partial charge in [0, 0.05) is 0 Å². The fraction of sp³-hybridized carbons (Fsp3) is 0.294. The Hall–Kier alpha value is -1.67. The maximum atomic E-state index is 12.9. The lowest BCUT2D eigenvalue weighted by molar-refractivity contribution is 0.220. The Morgan fingerprint density at radius 2 is 1.42 bits per heavy atom. The molecular formula is C17H17FO. The Bertz CT molecular complexity index is 540. The standard InChI is InChI=1S/C17H17FO/c18-16-10-8-15(9-11-16)17(19)14-6-4-13(5-7-14)12-2-1-3-12/h4-12,17,19H,1-3H2. The Balaban J connectivity index is 1.79. The Morgan fingerprint density at radius 3 is 1.89 bits per heavy atom. The quantitative estimate of drug-likeness (QED) is 0.873. The number of hydrogen-bond donors (Lipinski definition) is 1. The number of benzene rings is 2. The van der Waals surface area contributed by atoms with E-state index in [4.69, 9.17) is 0 Å². The van der Waals surface area contributed by atoms with Crippen LogP contribution in [0, 0.1) is 5.82 Å². The minimum Gasteiger partial charge on any atom is -0.384 e. The molecule has 0 bridgehead atoms. The molecule has 0 saturated heterocycles. The summed E-state index contributed by atoms with van der Waals surface area (Å²) in [6.07, 6.45) is 3.20. The van der Waals surface area contributed by atoms with Crippen LogP contribution in [-0.4, -0.2) is 5.11 Å². The highest BCUT2D eigenvalue weighted by Gasteiger charge is 2.19. The van der Waals surface area contributed by atoms with Gasteiger partial charge in [-0.2, -0.15) is 0 Å². The molecule has 1 unspecified atom stereocenters. The van der Waals surface area contributed by atoms with Crippen molar-refractivity contribution in [2.24, 2.45) is 0 Å². The first kappa shape index (κ1) is 12.4. The van der Waals surface area contributed by atoms with Crippen molar-refractivity contribution in [2.45, 2.75) is 31.3 Å². The molecule has 1 aliphatic rings. The molecule has 2 heteroatoms. The number of aliphatic hydroxyl groups is 1. The molecule has 0 aliphatic heterocycles. The molecule has 2 aromatic carbocycles. The second-order valence-electron chi connectivity index (χ2n) is 5.25. The molecule has 1 saturated carbocycles. The van der Waals surface area contributed by atoms with Crippen LogP contribution in [0.4, 0.5) is 4.39 Å². The van der Waals surface area contributed by atoms with Crippen LogP contribution in [0.25, 0.3) is 0 Å². The summed E-state index contributed by atoms with van der Waals surface area (Å²) in [7, 11) is 0. The van der Waals surface area contributed by atoms with Crippen LogP contribution in [0.5, 0.6) is 0 Å². The molecule has 3 rings (SSSR count). The average Bonchev–Trinajstić information content (AvgIpc) is 2.38. The molecule has 1 aliphatic carbocycles. The fourth-order valence-electron chi connectivity index (χ4n) is 2.53. The van der Waals surface area contributed by atoms with E-state index in [1.165, 1.54) is 37.0 Å². The van der Waals surface area contributed by atoms with Crippen molar-refractivity contribution < 1.29 is 9.50 Å². The van der Waals surface area contributed by atoms with Gasteiger partial charge in [-0.05, 0) is 47.6 Å². The molecule has 1 N–H and O–H groups in total. The monoisotopic (exact) mass is 256 g/mol. The first-order valence-corrected chi connectivity index (χ1v) is 6.77. The highest BCUT2D eigenvalue weighted by molar-refractivity contribution is 5.33. The van der Waals surface area contributed by atoms with Crippen LogP contribution in [0.1, 0.15) is 48.0 Å². The van der Waals surface area contributed by atoms with Crippen molar-refractivity contribution in [3.63, 3.8) is 0 Å². The SMILES string of the molecule is OC(c1ccc(F)cc1)c1ccc(C2CCC2)cc1. The Kier molecular flexibility index (Phi) is 3.34. The van der Waals surface area contributed by atoms with Crippen LogP contribution >= 0.6 is 0 Å². The predicted molar refractivity (Wildman–Crippen MR) is 73.5 cm³/mol. The van der Waals surface area contributed by atoms with Crippen LogP contribution in [0.3, 0.4) is 0 Å². The zero-order chi connectivity index (χ0) is 13.2. The van der Waals surface area contributed by atoms with Crippen molar-refractivity contribution in [2.75, 3.05) is 0 Å². The summed E-state index contributed by atoms with van der Waals surface area (Å²) < 4.78 is 12.9. The van der Waals surface area contributed by atoms with Gasteiger partial charge in [0.15, 0.2) is 0 Å². The summed E-state index contributed by atoms with van der Waals surface area (Å²) >= 11 is 0. The van der Waals surface area contributed by atoms with Gasteiger partial charge in [0.25, 0.3) is 0 Å². The number of hydrogen-bond acceptors (Lipinski definition) is 1. The third-order valence-corrected chi connectivity index (χ3v) is 4.01. The molecule has 1 nitrogen and oxygen atoms in total. The Labute approximate surface area is 112 Å². The smallest absolute Gasteiger partial charge is 0.123 e. The lowest BCUT2D eigenvalue weighted by atomic mass is 9.80. The first-order chi connectivity index (χ1) is 9.24. The van der Waals surface area contributed by atoms with E-state index < -0.39 is 6.10 Å². The summed E-state index contributed by atoms with van der Waals surface area (Å²) in [6, 6.07) is 14.2. The molecule has 0 heterocycles. The maximum Gasteiger partial charge on any atom is 0.123 e. The third-order valence-electron chi connectivity index (χ3n) is 4.01. The van der Waals surface area contributed by atoms with Gasteiger partial charge in [-0.3, -0.25) is 0 Å². The highest BCUT2D eigenvalue weighted by atomic mass is 19.1. The van der Waals surface area contributed by atoms with Gasteiger partial charge in [-0.1, -0.05) is 42.8 Å². The second kappa shape index (κ2) is 5.14. The first-order valence-electron chi connectivity index (χ1n) is 6.77. The maximum absolute atomic E-state index is 12.9. The van der Waals surface area contributed by atoms with Crippen LogP contribution < -0.4 is 0 Å². The zero-order valence-electron chi connectivity index (χ0n) is 10.7. The van der Waals surface area contributed by atoms with E-state index in [1.807, 2.05) is 12.1 Å². The molecule has 0 spiro atoms. The molecule has 1 atom stereocenters. The van der Waals surface area contributed by atoms with E-state index in [2.05, 4.69) is 12.1 Å². The normalized spacial score (nSPS) is 16.9. The van der Waals surface area contributed by atoms with Crippen LogP contribution in [-0.2, 0) is 0 Å². The molecule has 1 fully saturated rings. The summed E-state index contributed by atoms with van der Waals surface area (Å²) in [4.78, 5) is 0. The molecule has 98 valence electrons. The lowest BCUT2D eigenvalue weighted by Crippen LogP contribution is -2.09. The number of halogens is 1. The van der Waals surface area contributed by atoms with Crippen molar-refractivity contribution in [1.29, 1.82) is 0 Å². The van der Waals surface area contributed by atoms with E-state index in [9.17, 15) is 9.50 Å². The van der Waals surface area contributed by atoms with Crippen LogP contribution in [0.15, 0.2) is 48.5 Å². The largest absolute Gasteiger partial charge is 0.384 e. The number of rotatable bonds is 3. The second-order valence-corrected chi connectivity index (χ2v) is 5.25. The predicted octanol–water partition coefficient (Wildman–Crippen LogP) is 4.17. The van der Waals surface area contributed by atoms with E-state index in [-0.39, 0.29) is 5.82 Å². The summed E-state index contributed by atoms with van der Waals surface area (Å²) in [5, 5.41) is 10.3. The van der Waals surface area contributed by atoms with Gasteiger partial charge in [-0.15, -0.1) is 0 Å². The van der Waals surface area contributed by atoms with Gasteiger partial charge in [0.2, 0.25) is 0 Å². The molecular weight excluding hydrogens is 239 g/mol. The lowest BCUT2D eigenvalue weighted by Gasteiger charge is -2.26. The topological polar surface area (TPSA) is 20.2 Å². The highest BCUT2D eigenvalue weighted by Crippen LogP contribution is 2.36. The minimum absolute atomic E-state index is 0.281. The van der Waals surface area contributed by atoms with Gasteiger partial charge in [0.05, 0.1) is 0 Å². The summed E-state index contributed by atoms with van der Waals surface area (Å²) in [5.41, 5.74) is 2.94. The molecule has 19 heavy (non-hydrogen) atoms. The van der Waals surface area contributed by atoms with Crippen LogP contribution in [0.2, 0.25) is 0 Å². The molecule has 0 amide bonds. The van der Waals surface area contributed by atoms with E-state index in [0.29, 0.717) is 5.92 Å². The van der Waals surface area contributed by atoms with Crippen molar-refractivity contribution in [1.82, 2.24) is 0 Å². The fourth-order valence-corrected chi connectivity index (χ4v) is 2.53. The van der Waals surface area contributed by atoms with Gasteiger partial charge < -0.3 is 5.11 Å². The van der Waals surface area contributed by atoms with Crippen molar-refractivity contribution >= 4 is 0 Å². The van der Waals surface area contributed by atoms with Gasteiger partial charge in [-0.25, -0.2) is 4.39 Å². The minimum atomic E-state index is -0.684. The average molecular weight is 256 g/mol.